The molecule has 1 N–H and O–H groups in total. The SMILES string of the molecule is COC(=O)CC(B1OC(C)(C)C(C)(C)O1)c1ccc(N2CCC(O)CC2)cc1. The molecule has 7 heteroatoms. The number of anilines is 1. The molecule has 0 saturated carbocycles. The number of piperidine rings is 1. The first-order valence-electron chi connectivity index (χ1n) is 10.1. The van der Waals surface area contributed by atoms with Crippen molar-refractivity contribution < 1.29 is 23.9 Å². The third kappa shape index (κ3) is 4.37. The van der Waals surface area contributed by atoms with E-state index >= 15 is 0 Å². The number of benzene rings is 1. The molecule has 0 aliphatic carbocycles. The Labute approximate surface area is 168 Å². The Hall–Kier alpha value is -1.57. The number of rotatable bonds is 5. The van der Waals surface area contributed by atoms with Crippen LogP contribution in [0.5, 0.6) is 0 Å². The minimum atomic E-state index is -0.514. The zero-order valence-corrected chi connectivity index (χ0v) is 17.6. The van der Waals surface area contributed by atoms with E-state index in [0.717, 1.165) is 37.2 Å². The topological polar surface area (TPSA) is 68.2 Å². The minimum Gasteiger partial charge on any atom is -0.469 e. The highest BCUT2D eigenvalue weighted by atomic mass is 16.7. The van der Waals surface area contributed by atoms with Crippen LogP contribution in [-0.4, -0.2) is 55.7 Å². The largest absolute Gasteiger partial charge is 0.469 e. The van der Waals surface area contributed by atoms with E-state index < -0.39 is 18.3 Å². The summed E-state index contributed by atoms with van der Waals surface area (Å²) in [5.41, 5.74) is 1.20. The summed E-state index contributed by atoms with van der Waals surface area (Å²) in [4.78, 5) is 14.3. The number of hydrogen-bond donors (Lipinski definition) is 1. The van der Waals surface area contributed by atoms with Crippen molar-refractivity contribution in [3.05, 3.63) is 29.8 Å². The van der Waals surface area contributed by atoms with Crippen LogP contribution in [0.3, 0.4) is 0 Å². The van der Waals surface area contributed by atoms with Gasteiger partial charge in [0.15, 0.2) is 0 Å². The first kappa shape index (κ1) is 21.2. The Morgan fingerprint density at radius 3 is 2.21 bits per heavy atom. The quantitative estimate of drug-likeness (QED) is 0.617. The molecule has 0 bridgehead atoms. The smallest absolute Gasteiger partial charge is 0.466 e. The van der Waals surface area contributed by atoms with Crippen molar-refractivity contribution in [3.63, 3.8) is 0 Å². The van der Waals surface area contributed by atoms with E-state index in [1.54, 1.807) is 0 Å². The molecule has 2 heterocycles. The number of carbonyl (C=O) groups is 1. The van der Waals surface area contributed by atoms with E-state index in [-0.39, 0.29) is 24.3 Å². The lowest BCUT2D eigenvalue weighted by atomic mass is 9.66. The second-order valence-electron chi connectivity index (χ2n) is 8.82. The highest BCUT2D eigenvalue weighted by molar-refractivity contribution is 6.48. The lowest BCUT2D eigenvalue weighted by molar-refractivity contribution is -0.140. The highest BCUT2D eigenvalue weighted by Crippen LogP contribution is 2.42. The molecule has 0 radical (unpaired) electrons. The summed E-state index contributed by atoms with van der Waals surface area (Å²) < 4.78 is 17.3. The average molecular weight is 389 g/mol. The van der Waals surface area contributed by atoms with Gasteiger partial charge in [0, 0.05) is 24.6 Å². The number of ether oxygens (including phenoxy) is 1. The van der Waals surface area contributed by atoms with Crippen LogP contribution in [0.4, 0.5) is 5.69 Å². The molecule has 1 aromatic carbocycles. The molecule has 3 rings (SSSR count). The zero-order valence-electron chi connectivity index (χ0n) is 17.6. The van der Waals surface area contributed by atoms with Crippen LogP contribution in [0.1, 0.15) is 58.3 Å². The maximum absolute atomic E-state index is 12.1. The molecule has 1 atom stereocenters. The summed E-state index contributed by atoms with van der Waals surface area (Å²) in [6.07, 6.45) is 1.59. The van der Waals surface area contributed by atoms with Crippen LogP contribution in [0, 0.1) is 0 Å². The molecule has 154 valence electrons. The van der Waals surface area contributed by atoms with Crippen molar-refractivity contribution in [2.75, 3.05) is 25.1 Å². The van der Waals surface area contributed by atoms with Gasteiger partial charge in [0.05, 0.1) is 30.8 Å². The summed E-state index contributed by atoms with van der Waals surface area (Å²) in [5.74, 6) is -0.528. The molecule has 1 unspecified atom stereocenters. The predicted octanol–water partition coefficient (Wildman–Crippen LogP) is 2.93. The van der Waals surface area contributed by atoms with E-state index in [9.17, 15) is 9.90 Å². The van der Waals surface area contributed by atoms with Gasteiger partial charge in [-0.3, -0.25) is 4.79 Å². The van der Waals surface area contributed by atoms with Gasteiger partial charge >= 0.3 is 13.1 Å². The van der Waals surface area contributed by atoms with E-state index in [2.05, 4.69) is 17.0 Å². The highest BCUT2D eigenvalue weighted by Gasteiger charge is 2.54. The third-order valence-corrected chi connectivity index (χ3v) is 6.37. The third-order valence-electron chi connectivity index (χ3n) is 6.37. The van der Waals surface area contributed by atoms with Gasteiger partial charge in [-0.1, -0.05) is 12.1 Å². The van der Waals surface area contributed by atoms with Crippen molar-refractivity contribution in [1.29, 1.82) is 0 Å². The van der Waals surface area contributed by atoms with Gasteiger partial charge in [-0.25, -0.2) is 0 Å². The van der Waals surface area contributed by atoms with Crippen LogP contribution in [0.2, 0.25) is 0 Å². The van der Waals surface area contributed by atoms with Crippen LogP contribution in [-0.2, 0) is 18.8 Å². The Balaban J connectivity index is 1.80. The molecule has 2 fully saturated rings. The number of aliphatic hydroxyl groups is 1. The first-order chi connectivity index (χ1) is 13.1. The maximum atomic E-state index is 12.1. The lowest BCUT2D eigenvalue weighted by Crippen LogP contribution is -2.41. The van der Waals surface area contributed by atoms with Gasteiger partial charge < -0.3 is 24.1 Å². The van der Waals surface area contributed by atoms with Crippen molar-refractivity contribution in [2.24, 2.45) is 0 Å². The molecule has 2 aliphatic rings. The minimum absolute atomic E-state index is 0.191. The van der Waals surface area contributed by atoms with E-state index in [4.69, 9.17) is 14.0 Å². The summed E-state index contributed by atoms with van der Waals surface area (Å²) >= 11 is 0. The van der Waals surface area contributed by atoms with Gasteiger partial charge in [0.1, 0.15) is 0 Å². The van der Waals surface area contributed by atoms with Crippen LogP contribution in [0.15, 0.2) is 24.3 Å². The molecular formula is C21H32BNO5. The molecule has 0 spiro atoms. The average Bonchev–Trinajstić information content (AvgIpc) is 2.87. The van der Waals surface area contributed by atoms with Gasteiger partial charge in [-0.15, -0.1) is 0 Å². The molecular weight excluding hydrogens is 357 g/mol. The fourth-order valence-corrected chi connectivity index (χ4v) is 3.74. The van der Waals surface area contributed by atoms with E-state index in [1.807, 2.05) is 39.8 Å². The van der Waals surface area contributed by atoms with Gasteiger partial charge in [-0.05, 0) is 58.2 Å². The molecule has 28 heavy (non-hydrogen) atoms. The number of hydrogen-bond acceptors (Lipinski definition) is 6. The summed E-state index contributed by atoms with van der Waals surface area (Å²) in [5, 5.41) is 9.71. The Bertz CT molecular complexity index is 667. The molecule has 2 saturated heterocycles. The lowest BCUT2D eigenvalue weighted by Gasteiger charge is -2.32. The van der Waals surface area contributed by atoms with Crippen molar-refractivity contribution >= 4 is 18.8 Å². The fourth-order valence-electron chi connectivity index (χ4n) is 3.74. The predicted molar refractivity (Wildman–Crippen MR) is 109 cm³/mol. The number of carbonyl (C=O) groups excluding carboxylic acids is 1. The fraction of sp³-hybridized carbons (Fsp3) is 0.667. The molecule has 1 aromatic rings. The molecule has 6 nitrogen and oxygen atoms in total. The Kier molecular flexibility index (Phi) is 6.08. The Morgan fingerprint density at radius 1 is 1.18 bits per heavy atom. The second kappa shape index (κ2) is 8.05. The number of nitrogens with zero attached hydrogens (tertiary/aromatic N) is 1. The number of methoxy groups -OCH3 is 1. The second-order valence-corrected chi connectivity index (χ2v) is 8.82. The van der Waals surface area contributed by atoms with Crippen molar-refractivity contribution in [2.45, 2.75) is 70.1 Å². The van der Waals surface area contributed by atoms with Crippen LogP contribution < -0.4 is 4.90 Å². The van der Waals surface area contributed by atoms with Gasteiger partial charge in [-0.2, -0.15) is 0 Å². The van der Waals surface area contributed by atoms with Crippen molar-refractivity contribution in [3.8, 4) is 0 Å². The van der Waals surface area contributed by atoms with Gasteiger partial charge in [0.2, 0.25) is 0 Å². The van der Waals surface area contributed by atoms with Crippen LogP contribution in [0.25, 0.3) is 0 Å². The molecule has 0 aromatic heterocycles. The van der Waals surface area contributed by atoms with Crippen LogP contribution >= 0.6 is 0 Å². The van der Waals surface area contributed by atoms with Crippen molar-refractivity contribution in [1.82, 2.24) is 0 Å². The first-order valence-corrected chi connectivity index (χ1v) is 10.1. The molecule has 2 aliphatic heterocycles. The normalized spacial score (nSPS) is 22.9. The van der Waals surface area contributed by atoms with E-state index in [1.165, 1.54) is 7.11 Å². The Morgan fingerprint density at radius 2 is 1.71 bits per heavy atom. The summed E-state index contributed by atoms with van der Waals surface area (Å²) in [6.45, 7) is 9.74. The number of aliphatic hydroxyl groups excluding tert-OH is 1. The standard InChI is InChI=1S/C21H32BNO5/c1-20(2)21(3,4)28-22(27-20)18(14-19(25)26-5)15-6-8-16(9-7-15)23-12-10-17(24)11-13-23/h6-9,17-18,24H,10-14H2,1-5H3. The monoisotopic (exact) mass is 389 g/mol. The maximum Gasteiger partial charge on any atom is 0.466 e. The number of esters is 1. The van der Waals surface area contributed by atoms with Gasteiger partial charge in [0.25, 0.3) is 0 Å². The zero-order chi connectivity index (χ0) is 20.5. The van der Waals surface area contributed by atoms with E-state index in [0.29, 0.717) is 0 Å². The summed E-state index contributed by atoms with van der Waals surface area (Å²) in [7, 11) is 0.886. The summed E-state index contributed by atoms with van der Waals surface area (Å²) in [6, 6.07) is 8.23. The molecule has 0 amide bonds.